The lowest BCUT2D eigenvalue weighted by Gasteiger charge is -2.28. The minimum Gasteiger partial charge on any atom is -0.341 e. The summed E-state index contributed by atoms with van der Waals surface area (Å²) in [7, 11) is 2.13. The van der Waals surface area contributed by atoms with Crippen LogP contribution in [0.15, 0.2) is 0 Å². The zero-order chi connectivity index (χ0) is 13.0. The second-order valence-corrected chi connectivity index (χ2v) is 5.89. The fraction of sp³-hybridized carbons (Fsp3) is 0.929. The second-order valence-electron chi connectivity index (χ2n) is 5.89. The number of carbonyl (C=O) groups excluding carboxylic acids is 1. The third kappa shape index (κ3) is 3.45. The molecule has 2 N–H and O–H groups in total. The first-order chi connectivity index (χ1) is 8.68. The van der Waals surface area contributed by atoms with Gasteiger partial charge in [-0.3, -0.25) is 4.79 Å². The summed E-state index contributed by atoms with van der Waals surface area (Å²) in [5, 5.41) is 0. The summed E-state index contributed by atoms with van der Waals surface area (Å²) in [5.74, 6) is 0.399. The Labute approximate surface area is 110 Å². The van der Waals surface area contributed by atoms with E-state index in [-0.39, 0.29) is 12.0 Å². The van der Waals surface area contributed by atoms with E-state index in [1.54, 1.807) is 0 Å². The van der Waals surface area contributed by atoms with Gasteiger partial charge in [-0.1, -0.05) is 19.3 Å². The highest BCUT2D eigenvalue weighted by atomic mass is 16.2. The van der Waals surface area contributed by atoms with E-state index in [0.29, 0.717) is 5.91 Å². The summed E-state index contributed by atoms with van der Waals surface area (Å²) >= 11 is 0. The zero-order valence-corrected chi connectivity index (χ0v) is 11.6. The maximum atomic E-state index is 12.6. The molecule has 1 saturated heterocycles. The Bertz CT molecular complexity index is 282. The number of carbonyl (C=O) groups is 1. The number of likely N-dealkylation sites (N-methyl/N-ethyl adjacent to an activating group) is 1. The molecule has 0 aromatic rings. The first-order valence-electron chi connectivity index (χ1n) is 7.41. The summed E-state index contributed by atoms with van der Waals surface area (Å²) in [6.07, 6.45) is 6.69. The van der Waals surface area contributed by atoms with Gasteiger partial charge < -0.3 is 15.5 Å². The molecule has 1 amide bonds. The van der Waals surface area contributed by atoms with Gasteiger partial charge in [-0.15, -0.1) is 0 Å². The van der Waals surface area contributed by atoms with Crippen molar-refractivity contribution >= 4 is 5.91 Å². The van der Waals surface area contributed by atoms with E-state index in [2.05, 4.69) is 16.8 Å². The molecule has 1 heterocycles. The molecule has 2 fully saturated rings. The van der Waals surface area contributed by atoms with Crippen LogP contribution in [0.1, 0.15) is 38.5 Å². The van der Waals surface area contributed by atoms with E-state index in [9.17, 15) is 4.79 Å². The van der Waals surface area contributed by atoms with Gasteiger partial charge >= 0.3 is 0 Å². The molecular formula is C14H27N3O. The first-order valence-corrected chi connectivity index (χ1v) is 7.41. The molecule has 2 atom stereocenters. The lowest BCUT2D eigenvalue weighted by molar-refractivity contribution is -0.136. The maximum absolute atomic E-state index is 12.6. The first kappa shape index (κ1) is 13.8. The lowest BCUT2D eigenvalue weighted by atomic mass is 9.94. The third-order valence-corrected chi connectivity index (χ3v) is 4.42. The molecule has 0 aromatic heterocycles. The van der Waals surface area contributed by atoms with Crippen molar-refractivity contribution in [1.29, 1.82) is 0 Å². The smallest absolute Gasteiger partial charge is 0.227 e. The van der Waals surface area contributed by atoms with Gasteiger partial charge in [-0.25, -0.2) is 0 Å². The van der Waals surface area contributed by atoms with Crippen molar-refractivity contribution < 1.29 is 4.79 Å². The van der Waals surface area contributed by atoms with Crippen LogP contribution in [-0.4, -0.2) is 55.0 Å². The topological polar surface area (TPSA) is 49.6 Å². The molecule has 4 nitrogen and oxygen atoms in total. The molecule has 1 aliphatic heterocycles. The standard InChI is InChI=1S/C14H27N3O/c1-16-8-5-9-17(11-10-16)14(18)12-6-3-2-4-7-13(12)15/h12-13H,2-11,15H2,1H3. The molecule has 4 heteroatoms. The molecule has 104 valence electrons. The van der Waals surface area contributed by atoms with Crippen molar-refractivity contribution in [2.45, 2.75) is 44.6 Å². The molecule has 0 bridgehead atoms. The van der Waals surface area contributed by atoms with Crippen molar-refractivity contribution in [3.8, 4) is 0 Å². The van der Waals surface area contributed by atoms with Gasteiger partial charge in [0.2, 0.25) is 5.91 Å². The Morgan fingerprint density at radius 2 is 1.78 bits per heavy atom. The zero-order valence-electron chi connectivity index (χ0n) is 11.6. The number of rotatable bonds is 1. The van der Waals surface area contributed by atoms with E-state index < -0.39 is 0 Å². The van der Waals surface area contributed by atoms with E-state index in [1.807, 2.05) is 0 Å². The van der Waals surface area contributed by atoms with E-state index in [4.69, 9.17) is 5.73 Å². The number of nitrogens with zero attached hydrogens (tertiary/aromatic N) is 2. The van der Waals surface area contributed by atoms with Gasteiger partial charge in [-0.05, 0) is 32.9 Å². The van der Waals surface area contributed by atoms with Gasteiger partial charge in [-0.2, -0.15) is 0 Å². The van der Waals surface area contributed by atoms with Crippen LogP contribution in [0.2, 0.25) is 0 Å². The maximum Gasteiger partial charge on any atom is 0.227 e. The van der Waals surface area contributed by atoms with Crippen LogP contribution < -0.4 is 5.73 Å². The molecule has 2 rings (SSSR count). The molecule has 0 radical (unpaired) electrons. The fourth-order valence-corrected chi connectivity index (χ4v) is 3.14. The Morgan fingerprint density at radius 3 is 2.61 bits per heavy atom. The minimum absolute atomic E-state index is 0.0795. The van der Waals surface area contributed by atoms with Crippen molar-refractivity contribution in [3.05, 3.63) is 0 Å². The van der Waals surface area contributed by atoms with Crippen LogP contribution in [0.25, 0.3) is 0 Å². The number of amides is 1. The summed E-state index contributed by atoms with van der Waals surface area (Å²) in [4.78, 5) is 17.0. The van der Waals surface area contributed by atoms with Gasteiger partial charge in [0.25, 0.3) is 0 Å². The highest BCUT2D eigenvalue weighted by Gasteiger charge is 2.30. The van der Waals surface area contributed by atoms with Gasteiger partial charge in [0.15, 0.2) is 0 Å². The van der Waals surface area contributed by atoms with Crippen LogP contribution >= 0.6 is 0 Å². The average Bonchev–Trinajstić information content (AvgIpc) is 2.69. The summed E-state index contributed by atoms with van der Waals surface area (Å²) in [5.41, 5.74) is 6.20. The van der Waals surface area contributed by atoms with Crippen LogP contribution in [0.4, 0.5) is 0 Å². The van der Waals surface area contributed by atoms with Crippen LogP contribution in [0.3, 0.4) is 0 Å². The Balaban J connectivity index is 1.95. The van der Waals surface area contributed by atoms with E-state index >= 15 is 0 Å². The molecule has 1 saturated carbocycles. The SMILES string of the molecule is CN1CCCN(C(=O)C2CCCCCC2N)CC1. The Kier molecular flexibility index (Phi) is 5.01. The predicted molar refractivity (Wildman–Crippen MR) is 73.2 cm³/mol. The normalized spacial score (nSPS) is 31.8. The second kappa shape index (κ2) is 6.53. The molecule has 0 spiro atoms. The highest BCUT2D eigenvalue weighted by Crippen LogP contribution is 2.24. The van der Waals surface area contributed by atoms with E-state index in [1.165, 1.54) is 12.8 Å². The average molecular weight is 253 g/mol. The van der Waals surface area contributed by atoms with Crippen LogP contribution in [0.5, 0.6) is 0 Å². The molecule has 2 aliphatic rings. The summed E-state index contributed by atoms with van der Waals surface area (Å²) in [6.45, 7) is 3.87. The van der Waals surface area contributed by atoms with Crippen molar-refractivity contribution in [2.75, 3.05) is 33.2 Å². The Hall–Kier alpha value is -0.610. The molecule has 1 aliphatic carbocycles. The Morgan fingerprint density at radius 1 is 1.00 bits per heavy atom. The number of hydrogen-bond acceptors (Lipinski definition) is 3. The summed E-state index contributed by atoms with van der Waals surface area (Å²) in [6, 6.07) is 0.0842. The minimum atomic E-state index is 0.0795. The van der Waals surface area contributed by atoms with Crippen molar-refractivity contribution in [1.82, 2.24) is 9.80 Å². The lowest BCUT2D eigenvalue weighted by Crippen LogP contribution is -2.45. The van der Waals surface area contributed by atoms with E-state index in [0.717, 1.165) is 51.9 Å². The van der Waals surface area contributed by atoms with Crippen molar-refractivity contribution in [3.63, 3.8) is 0 Å². The number of nitrogens with two attached hydrogens (primary N) is 1. The van der Waals surface area contributed by atoms with Crippen molar-refractivity contribution in [2.24, 2.45) is 11.7 Å². The summed E-state index contributed by atoms with van der Waals surface area (Å²) < 4.78 is 0. The predicted octanol–water partition coefficient (Wildman–Crippen LogP) is 1.06. The third-order valence-electron chi connectivity index (χ3n) is 4.42. The van der Waals surface area contributed by atoms with Gasteiger partial charge in [0.1, 0.15) is 0 Å². The van der Waals surface area contributed by atoms with Crippen LogP contribution in [0, 0.1) is 5.92 Å². The largest absolute Gasteiger partial charge is 0.341 e. The number of hydrogen-bond donors (Lipinski definition) is 1. The molecule has 0 aromatic carbocycles. The van der Waals surface area contributed by atoms with Gasteiger partial charge in [0.05, 0.1) is 5.92 Å². The van der Waals surface area contributed by atoms with Crippen LogP contribution in [-0.2, 0) is 4.79 Å². The monoisotopic (exact) mass is 253 g/mol. The fourth-order valence-electron chi connectivity index (χ4n) is 3.14. The quantitative estimate of drug-likeness (QED) is 0.711. The highest BCUT2D eigenvalue weighted by molar-refractivity contribution is 5.79. The molecular weight excluding hydrogens is 226 g/mol. The van der Waals surface area contributed by atoms with Gasteiger partial charge in [0, 0.05) is 25.7 Å². The molecule has 18 heavy (non-hydrogen) atoms. The molecule has 2 unspecified atom stereocenters.